The van der Waals surface area contributed by atoms with Crippen molar-refractivity contribution in [3.8, 4) is 11.4 Å². The Bertz CT molecular complexity index is 1110. The molecule has 9 heteroatoms. The van der Waals surface area contributed by atoms with Crippen LogP contribution in [-0.2, 0) is 4.74 Å². The van der Waals surface area contributed by atoms with Crippen LogP contribution in [0.2, 0.25) is 5.02 Å². The molecule has 3 aromatic rings. The van der Waals surface area contributed by atoms with Gasteiger partial charge in [0.25, 0.3) is 0 Å². The van der Waals surface area contributed by atoms with Crippen LogP contribution in [0, 0.1) is 0 Å². The van der Waals surface area contributed by atoms with Gasteiger partial charge < -0.3 is 34.5 Å². The van der Waals surface area contributed by atoms with Gasteiger partial charge in [-0.05, 0) is 37.3 Å². The molecule has 2 heterocycles. The molecule has 2 aromatic carbocycles. The molecular weight excluding hydrogens is 426 g/mol. The van der Waals surface area contributed by atoms with Gasteiger partial charge in [0.1, 0.15) is 24.1 Å². The first-order valence-electron chi connectivity index (χ1n) is 9.70. The van der Waals surface area contributed by atoms with Crippen molar-refractivity contribution in [1.82, 2.24) is 4.57 Å². The van der Waals surface area contributed by atoms with E-state index in [1.165, 1.54) is 6.92 Å². The topological polar surface area (TPSA) is 121 Å². The average molecular weight is 448 g/mol. The van der Waals surface area contributed by atoms with Gasteiger partial charge in [0.15, 0.2) is 18.2 Å². The number of benzene rings is 2. The van der Waals surface area contributed by atoms with E-state index in [9.17, 15) is 25.2 Å². The monoisotopic (exact) mass is 447 g/mol. The third-order valence-electron chi connectivity index (χ3n) is 5.38. The average Bonchev–Trinajstić information content (AvgIpc) is 3.10. The van der Waals surface area contributed by atoms with E-state index in [0.717, 1.165) is 0 Å². The number of ether oxygens (including phenoxy) is 2. The van der Waals surface area contributed by atoms with Crippen LogP contribution in [0.4, 0.5) is 0 Å². The first kappa shape index (κ1) is 21.8. The van der Waals surface area contributed by atoms with E-state index in [0.29, 0.717) is 27.2 Å². The molecule has 4 rings (SSSR count). The summed E-state index contributed by atoms with van der Waals surface area (Å²) < 4.78 is 12.8. The van der Waals surface area contributed by atoms with Crippen LogP contribution in [-0.4, -0.2) is 68.1 Å². The number of carbonyl (C=O) groups is 1. The van der Waals surface area contributed by atoms with E-state index in [1.54, 1.807) is 53.2 Å². The van der Waals surface area contributed by atoms with Gasteiger partial charge >= 0.3 is 0 Å². The lowest BCUT2D eigenvalue weighted by molar-refractivity contribution is -0.280. The SMILES string of the molecule is CC(=O)c1ccccc1-n1cc(O[C@@H]2[C@@H](O)[C@@H](O)[C@@H](CO)O[C@H]2O)c2ccc(Cl)cc21. The molecule has 0 saturated carbocycles. The number of hydrogen-bond acceptors (Lipinski definition) is 7. The van der Waals surface area contributed by atoms with Gasteiger partial charge in [0, 0.05) is 16.0 Å². The van der Waals surface area contributed by atoms with Crippen molar-refractivity contribution in [3.63, 3.8) is 0 Å². The Kier molecular flexibility index (Phi) is 6.02. The Morgan fingerprint density at radius 3 is 2.61 bits per heavy atom. The number of nitrogens with zero attached hydrogens (tertiary/aromatic N) is 1. The second-order valence-electron chi connectivity index (χ2n) is 7.41. The van der Waals surface area contributed by atoms with E-state index < -0.39 is 37.3 Å². The molecule has 0 bridgehead atoms. The van der Waals surface area contributed by atoms with E-state index in [-0.39, 0.29) is 11.5 Å². The molecule has 5 atom stereocenters. The minimum Gasteiger partial charge on any atom is -0.480 e. The molecule has 0 amide bonds. The van der Waals surface area contributed by atoms with Crippen molar-refractivity contribution in [2.45, 2.75) is 37.6 Å². The summed E-state index contributed by atoms with van der Waals surface area (Å²) in [4.78, 5) is 12.1. The fourth-order valence-corrected chi connectivity index (χ4v) is 3.96. The highest BCUT2D eigenvalue weighted by molar-refractivity contribution is 6.31. The highest BCUT2D eigenvalue weighted by Crippen LogP contribution is 2.35. The van der Waals surface area contributed by atoms with Crippen molar-refractivity contribution < 1.29 is 34.7 Å². The van der Waals surface area contributed by atoms with Gasteiger partial charge in [-0.15, -0.1) is 0 Å². The highest BCUT2D eigenvalue weighted by Gasteiger charge is 2.45. The lowest BCUT2D eigenvalue weighted by Gasteiger charge is -2.39. The number of aliphatic hydroxyl groups is 4. The molecule has 1 aromatic heterocycles. The van der Waals surface area contributed by atoms with Gasteiger partial charge in [0.2, 0.25) is 0 Å². The largest absolute Gasteiger partial charge is 0.480 e. The number of para-hydroxylation sites is 1. The van der Waals surface area contributed by atoms with E-state index >= 15 is 0 Å². The number of aromatic nitrogens is 1. The second kappa shape index (κ2) is 8.58. The fourth-order valence-electron chi connectivity index (χ4n) is 3.79. The molecule has 1 fully saturated rings. The van der Waals surface area contributed by atoms with Crippen molar-refractivity contribution in [2.75, 3.05) is 6.61 Å². The number of hydrogen-bond donors (Lipinski definition) is 4. The number of fused-ring (bicyclic) bond motifs is 1. The summed E-state index contributed by atoms with van der Waals surface area (Å²) >= 11 is 6.20. The Labute approximate surface area is 182 Å². The lowest BCUT2D eigenvalue weighted by atomic mass is 9.99. The van der Waals surface area contributed by atoms with E-state index in [4.69, 9.17) is 21.1 Å². The maximum Gasteiger partial charge on any atom is 0.195 e. The van der Waals surface area contributed by atoms with Crippen LogP contribution >= 0.6 is 11.6 Å². The predicted molar refractivity (Wildman–Crippen MR) is 113 cm³/mol. The van der Waals surface area contributed by atoms with E-state index in [1.807, 2.05) is 0 Å². The number of halogens is 1. The van der Waals surface area contributed by atoms with Crippen molar-refractivity contribution in [2.24, 2.45) is 0 Å². The second-order valence-corrected chi connectivity index (χ2v) is 7.85. The first-order chi connectivity index (χ1) is 14.8. The van der Waals surface area contributed by atoms with Crippen molar-refractivity contribution in [3.05, 3.63) is 59.2 Å². The zero-order chi connectivity index (χ0) is 22.3. The minimum atomic E-state index is -1.58. The summed E-state index contributed by atoms with van der Waals surface area (Å²) in [5.41, 5.74) is 1.75. The molecule has 0 spiro atoms. The Balaban J connectivity index is 1.80. The zero-order valence-electron chi connectivity index (χ0n) is 16.6. The predicted octanol–water partition coefficient (Wildman–Crippen LogP) is 1.67. The number of carbonyl (C=O) groups excluding carboxylic acids is 1. The molecule has 0 aliphatic carbocycles. The van der Waals surface area contributed by atoms with Crippen LogP contribution in [0.1, 0.15) is 17.3 Å². The Hall–Kier alpha value is -2.46. The summed E-state index contributed by atoms with van der Waals surface area (Å²) in [5.74, 6) is 0.165. The molecule has 8 nitrogen and oxygen atoms in total. The van der Waals surface area contributed by atoms with Crippen molar-refractivity contribution in [1.29, 1.82) is 0 Å². The van der Waals surface area contributed by atoms with E-state index in [2.05, 4.69) is 0 Å². The first-order valence-corrected chi connectivity index (χ1v) is 10.1. The van der Waals surface area contributed by atoms with Crippen LogP contribution < -0.4 is 4.74 Å². The van der Waals surface area contributed by atoms with Crippen LogP contribution in [0.15, 0.2) is 48.7 Å². The molecule has 1 saturated heterocycles. The molecule has 0 radical (unpaired) electrons. The maximum absolute atomic E-state index is 12.1. The number of rotatable bonds is 5. The van der Waals surface area contributed by atoms with Crippen LogP contribution in [0.5, 0.6) is 5.75 Å². The molecular formula is C22H22ClNO7. The molecule has 31 heavy (non-hydrogen) atoms. The fraction of sp³-hybridized carbons (Fsp3) is 0.318. The summed E-state index contributed by atoms with van der Waals surface area (Å²) in [6.45, 7) is 0.904. The quantitative estimate of drug-likeness (QED) is 0.439. The molecule has 164 valence electrons. The lowest BCUT2D eigenvalue weighted by Crippen LogP contribution is -2.60. The third-order valence-corrected chi connectivity index (χ3v) is 5.61. The summed E-state index contributed by atoms with van der Waals surface area (Å²) in [6, 6.07) is 12.1. The Morgan fingerprint density at radius 2 is 1.90 bits per heavy atom. The smallest absolute Gasteiger partial charge is 0.195 e. The summed E-state index contributed by atoms with van der Waals surface area (Å²) in [6.07, 6.45) is -5.35. The number of Topliss-reactive ketones (excluding diaryl/α,β-unsaturated/α-hetero) is 1. The third kappa shape index (κ3) is 3.94. The molecule has 1 aliphatic rings. The summed E-state index contributed by atoms with van der Waals surface area (Å²) in [7, 11) is 0. The standard InChI is InChI=1S/C22H22ClNO7/c1-11(26)13-4-2-3-5-15(13)24-9-17(14-7-6-12(23)8-16(14)24)30-21-20(28)19(27)18(10-25)31-22(21)29/h2-9,18-22,25,27-29H,10H2,1H3/t18-,19+,20+,21-,22-/m1/s1. The van der Waals surface area contributed by atoms with Crippen LogP contribution in [0.3, 0.4) is 0 Å². The number of ketones is 1. The van der Waals surface area contributed by atoms with Gasteiger partial charge in [-0.2, -0.15) is 0 Å². The molecule has 1 aliphatic heterocycles. The minimum absolute atomic E-state index is 0.119. The highest BCUT2D eigenvalue weighted by atomic mass is 35.5. The maximum atomic E-state index is 12.1. The zero-order valence-corrected chi connectivity index (χ0v) is 17.3. The van der Waals surface area contributed by atoms with Crippen molar-refractivity contribution >= 4 is 28.3 Å². The van der Waals surface area contributed by atoms with Gasteiger partial charge in [-0.25, -0.2) is 0 Å². The van der Waals surface area contributed by atoms with Gasteiger partial charge in [-0.3, -0.25) is 4.79 Å². The van der Waals surface area contributed by atoms with Crippen LogP contribution in [0.25, 0.3) is 16.6 Å². The van der Waals surface area contributed by atoms with Gasteiger partial charge in [-0.1, -0.05) is 23.7 Å². The Morgan fingerprint density at radius 1 is 1.16 bits per heavy atom. The van der Waals surface area contributed by atoms with Gasteiger partial charge in [0.05, 0.1) is 24.0 Å². The molecule has 4 N–H and O–H groups in total. The molecule has 0 unspecified atom stereocenters. The summed E-state index contributed by atoms with van der Waals surface area (Å²) in [5, 5.41) is 41.2. The number of aliphatic hydroxyl groups excluding tert-OH is 4. The normalized spacial score (nSPS) is 26.2.